The number of fused-ring (bicyclic) bond motifs is 4. The largest absolute Gasteiger partial charge is 0.378 e. The summed E-state index contributed by atoms with van der Waals surface area (Å²) >= 11 is 0. The maximum Gasteiger partial charge on any atom is 0.160 e. The Kier molecular flexibility index (Phi) is 5.54. The third-order valence-electron chi connectivity index (χ3n) is 8.79. The SMILES string of the molecule is C[C@H]1c2oncc2C[C@@]2(C)c3nc(-c4ccnc(N5CCOCC5)c4)nc(-c4ccccc4F)c3CC[C@H]12. The molecule has 7 nitrogen and oxygen atoms in total. The summed E-state index contributed by atoms with van der Waals surface area (Å²) in [6, 6.07) is 10.9. The van der Waals surface area contributed by atoms with Crippen LogP contribution >= 0.6 is 0 Å². The quantitative estimate of drug-likeness (QED) is 0.367. The molecule has 0 N–H and O–H groups in total. The minimum Gasteiger partial charge on any atom is -0.378 e. The number of nitrogens with zero attached hydrogens (tertiary/aromatic N) is 5. The van der Waals surface area contributed by atoms with Gasteiger partial charge in [-0.2, -0.15) is 0 Å². The van der Waals surface area contributed by atoms with Crippen molar-refractivity contribution in [3.63, 3.8) is 0 Å². The van der Waals surface area contributed by atoms with Crippen molar-refractivity contribution in [3.05, 3.63) is 77.2 Å². The van der Waals surface area contributed by atoms with Gasteiger partial charge in [-0.15, -0.1) is 0 Å². The predicted molar refractivity (Wildman–Crippen MR) is 141 cm³/mol. The maximum atomic E-state index is 15.2. The van der Waals surface area contributed by atoms with E-state index in [-0.39, 0.29) is 17.2 Å². The molecule has 1 saturated heterocycles. The molecule has 4 heterocycles. The number of rotatable bonds is 3. The number of benzene rings is 1. The van der Waals surface area contributed by atoms with Crippen LogP contribution in [0.25, 0.3) is 22.6 Å². The van der Waals surface area contributed by atoms with Gasteiger partial charge in [0.05, 0.1) is 30.8 Å². The van der Waals surface area contributed by atoms with Crippen LogP contribution in [0.1, 0.15) is 48.8 Å². The molecule has 194 valence electrons. The van der Waals surface area contributed by atoms with Gasteiger partial charge in [-0.25, -0.2) is 19.3 Å². The number of morpholine rings is 1. The minimum atomic E-state index is -0.270. The third kappa shape index (κ3) is 3.65. The number of hydrogen-bond acceptors (Lipinski definition) is 7. The zero-order valence-electron chi connectivity index (χ0n) is 21.7. The van der Waals surface area contributed by atoms with E-state index in [1.54, 1.807) is 6.07 Å². The molecule has 0 amide bonds. The Bertz CT molecular complexity index is 1510. The zero-order valence-corrected chi connectivity index (χ0v) is 21.7. The van der Waals surface area contributed by atoms with E-state index in [4.69, 9.17) is 19.2 Å². The van der Waals surface area contributed by atoms with Crippen LogP contribution in [0.2, 0.25) is 0 Å². The Morgan fingerprint density at radius 2 is 1.95 bits per heavy atom. The van der Waals surface area contributed by atoms with Gasteiger partial charge in [0.1, 0.15) is 17.4 Å². The van der Waals surface area contributed by atoms with Gasteiger partial charge in [-0.05, 0) is 49.4 Å². The van der Waals surface area contributed by atoms with Crippen molar-refractivity contribution in [1.29, 1.82) is 0 Å². The van der Waals surface area contributed by atoms with Crippen molar-refractivity contribution < 1.29 is 13.7 Å². The summed E-state index contributed by atoms with van der Waals surface area (Å²) in [5, 5.41) is 4.12. The molecule has 1 aliphatic heterocycles. The summed E-state index contributed by atoms with van der Waals surface area (Å²) in [7, 11) is 0. The normalized spacial score (nSPS) is 24.4. The van der Waals surface area contributed by atoms with Gasteiger partial charge in [-0.1, -0.05) is 31.1 Å². The third-order valence-corrected chi connectivity index (χ3v) is 8.79. The Morgan fingerprint density at radius 3 is 2.79 bits per heavy atom. The lowest BCUT2D eigenvalue weighted by atomic mass is 9.56. The van der Waals surface area contributed by atoms with Crippen LogP contribution in [0.15, 0.2) is 53.3 Å². The average Bonchev–Trinajstić information content (AvgIpc) is 3.42. The fourth-order valence-electron chi connectivity index (χ4n) is 6.89. The number of ether oxygens (including phenoxy) is 1. The highest BCUT2D eigenvalue weighted by molar-refractivity contribution is 5.70. The van der Waals surface area contributed by atoms with E-state index in [9.17, 15) is 0 Å². The monoisotopic (exact) mass is 511 g/mol. The molecule has 0 saturated carbocycles. The molecule has 0 bridgehead atoms. The Morgan fingerprint density at radius 1 is 1.11 bits per heavy atom. The second kappa shape index (κ2) is 8.98. The summed E-state index contributed by atoms with van der Waals surface area (Å²) in [5.41, 5.74) is 5.04. The average molecular weight is 512 g/mol. The van der Waals surface area contributed by atoms with Crippen molar-refractivity contribution in [2.24, 2.45) is 5.92 Å². The minimum absolute atomic E-state index is 0.226. The molecule has 0 radical (unpaired) electrons. The fraction of sp³-hybridized carbons (Fsp3) is 0.400. The molecule has 0 unspecified atom stereocenters. The molecule has 38 heavy (non-hydrogen) atoms. The fourth-order valence-corrected chi connectivity index (χ4v) is 6.89. The number of aromatic nitrogens is 4. The molecular formula is C30H30FN5O2. The zero-order chi connectivity index (χ0) is 25.9. The molecule has 3 atom stereocenters. The summed E-state index contributed by atoms with van der Waals surface area (Å²) in [6.07, 6.45) is 6.20. The van der Waals surface area contributed by atoms with Crippen molar-refractivity contribution in [1.82, 2.24) is 20.1 Å². The standard InChI is InChI=1S/C30H30FN5O2/c1-18-23-8-7-22-26(21-5-3-4-6-24(21)31)34-29(19-9-10-32-25(15-19)36-11-13-37-14-12-36)35-28(22)30(23,2)16-20-17-33-38-27(18)20/h3-6,9-10,15,17-18,23H,7-8,11-14,16H2,1-2H3/t18-,23-,30-/m1/s1. The first-order chi connectivity index (χ1) is 18.5. The van der Waals surface area contributed by atoms with Crippen LogP contribution in [0.5, 0.6) is 0 Å². The number of pyridine rings is 1. The first-order valence-electron chi connectivity index (χ1n) is 13.4. The van der Waals surface area contributed by atoms with E-state index in [1.165, 1.54) is 6.07 Å². The number of hydrogen-bond donors (Lipinski definition) is 0. The molecule has 1 aromatic carbocycles. The van der Waals surface area contributed by atoms with Crippen molar-refractivity contribution in [3.8, 4) is 22.6 Å². The van der Waals surface area contributed by atoms with E-state index in [2.05, 4.69) is 28.9 Å². The molecular weight excluding hydrogens is 481 g/mol. The highest BCUT2D eigenvalue weighted by atomic mass is 19.1. The lowest BCUT2D eigenvalue weighted by molar-refractivity contribution is 0.122. The van der Waals surface area contributed by atoms with Crippen LogP contribution < -0.4 is 4.90 Å². The lowest BCUT2D eigenvalue weighted by Gasteiger charge is -2.47. The summed E-state index contributed by atoms with van der Waals surface area (Å²) in [6.45, 7) is 7.48. The highest BCUT2D eigenvalue weighted by Gasteiger charge is 2.50. The van der Waals surface area contributed by atoms with Gasteiger partial charge < -0.3 is 14.2 Å². The van der Waals surface area contributed by atoms with Crippen molar-refractivity contribution >= 4 is 5.82 Å². The number of halogens is 1. The van der Waals surface area contributed by atoms with E-state index in [0.29, 0.717) is 36.2 Å². The van der Waals surface area contributed by atoms with Crippen molar-refractivity contribution in [2.75, 3.05) is 31.2 Å². The van der Waals surface area contributed by atoms with Crippen LogP contribution in [0.4, 0.5) is 10.2 Å². The van der Waals surface area contributed by atoms with Gasteiger partial charge in [0, 0.05) is 52.9 Å². The highest BCUT2D eigenvalue weighted by Crippen LogP contribution is 2.54. The van der Waals surface area contributed by atoms with Crippen LogP contribution in [-0.2, 0) is 23.0 Å². The predicted octanol–water partition coefficient (Wildman–Crippen LogP) is 5.35. The molecule has 3 aromatic heterocycles. The molecule has 3 aliphatic rings. The molecule has 7 rings (SSSR count). The second-order valence-electron chi connectivity index (χ2n) is 10.9. The first kappa shape index (κ1) is 23.5. The van der Waals surface area contributed by atoms with Gasteiger partial charge in [0.2, 0.25) is 0 Å². The second-order valence-corrected chi connectivity index (χ2v) is 10.9. The van der Waals surface area contributed by atoms with E-state index >= 15 is 4.39 Å². The summed E-state index contributed by atoms with van der Waals surface area (Å²) < 4.78 is 26.4. The smallest absolute Gasteiger partial charge is 0.160 e. The van der Waals surface area contributed by atoms with Gasteiger partial charge in [0.25, 0.3) is 0 Å². The van der Waals surface area contributed by atoms with Crippen LogP contribution in [0.3, 0.4) is 0 Å². The van der Waals surface area contributed by atoms with Gasteiger partial charge in [0.15, 0.2) is 5.82 Å². The van der Waals surface area contributed by atoms with Crippen LogP contribution in [0, 0.1) is 11.7 Å². The molecule has 0 spiro atoms. The maximum absolute atomic E-state index is 15.2. The summed E-state index contributed by atoms with van der Waals surface area (Å²) in [4.78, 5) is 17.2. The number of anilines is 1. The Labute approximate surface area is 221 Å². The molecule has 2 aliphatic carbocycles. The van der Waals surface area contributed by atoms with Gasteiger partial charge in [-0.3, -0.25) is 0 Å². The topological polar surface area (TPSA) is 77.2 Å². The van der Waals surface area contributed by atoms with Crippen molar-refractivity contribution in [2.45, 2.75) is 44.4 Å². The molecule has 4 aromatic rings. The summed E-state index contributed by atoms with van der Waals surface area (Å²) in [5.74, 6) is 2.77. The Hall–Kier alpha value is -3.65. The lowest BCUT2D eigenvalue weighted by Crippen LogP contribution is -2.45. The molecule has 1 fully saturated rings. The van der Waals surface area contributed by atoms with E-state index in [1.807, 2.05) is 36.7 Å². The van der Waals surface area contributed by atoms with E-state index in [0.717, 1.165) is 66.3 Å². The first-order valence-corrected chi connectivity index (χ1v) is 13.4. The molecule has 8 heteroatoms. The van der Waals surface area contributed by atoms with Gasteiger partial charge >= 0.3 is 0 Å². The Balaban J connectivity index is 1.42. The van der Waals surface area contributed by atoms with Crippen LogP contribution in [-0.4, -0.2) is 46.4 Å². The van der Waals surface area contributed by atoms with E-state index < -0.39 is 0 Å².